The summed E-state index contributed by atoms with van der Waals surface area (Å²) < 4.78 is 13.8. The first-order chi connectivity index (χ1) is 6.56. The van der Waals surface area contributed by atoms with E-state index in [1.54, 1.807) is 0 Å². The van der Waals surface area contributed by atoms with Crippen molar-refractivity contribution >= 4 is 27.5 Å². The van der Waals surface area contributed by atoms with E-state index in [0.717, 1.165) is 12.0 Å². The lowest BCUT2D eigenvalue weighted by molar-refractivity contribution is 0.616. The van der Waals surface area contributed by atoms with Gasteiger partial charge in [0.05, 0.1) is 5.02 Å². The van der Waals surface area contributed by atoms with Crippen LogP contribution in [0.2, 0.25) is 5.02 Å². The van der Waals surface area contributed by atoms with Crippen molar-refractivity contribution in [2.45, 2.75) is 19.3 Å². The van der Waals surface area contributed by atoms with Crippen LogP contribution in [0.25, 0.3) is 0 Å². The van der Waals surface area contributed by atoms with Crippen molar-refractivity contribution in [3.63, 3.8) is 0 Å². The number of nitrogens with two attached hydrogens (primary N) is 1. The molecule has 1 aromatic rings. The summed E-state index contributed by atoms with van der Waals surface area (Å²) in [6, 6.07) is 3.30. The summed E-state index contributed by atoms with van der Waals surface area (Å²) in [6.07, 6.45) is 0.841. The Morgan fingerprint density at radius 3 is 2.71 bits per heavy atom. The number of benzene rings is 1. The fraction of sp³-hybridized carbons (Fsp3) is 0.400. The van der Waals surface area contributed by atoms with Crippen LogP contribution in [0.3, 0.4) is 0 Å². The van der Waals surface area contributed by atoms with Crippen LogP contribution in [0, 0.1) is 5.82 Å². The van der Waals surface area contributed by atoms with Gasteiger partial charge in [-0.2, -0.15) is 0 Å². The molecule has 1 nitrogen and oxygen atoms in total. The minimum atomic E-state index is -0.389. The molecule has 14 heavy (non-hydrogen) atoms. The van der Waals surface area contributed by atoms with Crippen LogP contribution in [-0.4, -0.2) is 6.54 Å². The minimum Gasteiger partial charge on any atom is -0.330 e. The number of hydrogen-bond donors (Lipinski definition) is 1. The molecule has 1 aromatic carbocycles. The van der Waals surface area contributed by atoms with Crippen LogP contribution < -0.4 is 5.73 Å². The first-order valence-electron chi connectivity index (χ1n) is 4.40. The Morgan fingerprint density at radius 2 is 2.21 bits per heavy atom. The zero-order valence-electron chi connectivity index (χ0n) is 7.86. The Kier molecular flexibility index (Phi) is 4.35. The first kappa shape index (κ1) is 12.0. The van der Waals surface area contributed by atoms with Crippen LogP contribution in [0.4, 0.5) is 4.39 Å². The van der Waals surface area contributed by atoms with Crippen LogP contribution in [-0.2, 0) is 0 Å². The van der Waals surface area contributed by atoms with Crippen LogP contribution >= 0.6 is 27.5 Å². The zero-order chi connectivity index (χ0) is 10.7. The molecule has 78 valence electrons. The van der Waals surface area contributed by atoms with Crippen molar-refractivity contribution < 1.29 is 4.39 Å². The molecule has 0 aliphatic heterocycles. The molecule has 0 radical (unpaired) electrons. The van der Waals surface area contributed by atoms with E-state index >= 15 is 0 Å². The van der Waals surface area contributed by atoms with Gasteiger partial charge in [0.15, 0.2) is 0 Å². The minimum absolute atomic E-state index is 0.133. The van der Waals surface area contributed by atoms with E-state index in [1.807, 2.05) is 13.0 Å². The Bertz CT molecular complexity index is 307. The predicted molar refractivity (Wildman–Crippen MR) is 61.2 cm³/mol. The fourth-order valence-corrected chi connectivity index (χ4v) is 1.84. The average molecular weight is 281 g/mol. The lowest BCUT2D eigenvalue weighted by atomic mass is 9.98. The summed E-state index contributed by atoms with van der Waals surface area (Å²) in [5, 5.41) is 0.133. The van der Waals surface area contributed by atoms with Crippen molar-refractivity contribution in [2.24, 2.45) is 5.73 Å². The Morgan fingerprint density at radius 1 is 1.57 bits per heavy atom. The maximum atomic E-state index is 13.2. The smallest absolute Gasteiger partial charge is 0.143 e. The third kappa shape index (κ3) is 2.69. The van der Waals surface area contributed by atoms with Crippen molar-refractivity contribution in [3.05, 3.63) is 33.0 Å². The molecule has 0 heterocycles. The highest BCUT2D eigenvalue weighted by Gasteiger charge is 2.11. The summed E-state index contributed by atoms with van der Waals surface area (Å²) >= 11 is 8.90. The second-order valence-electron chi connectivity index (χ2n) is 3.28. The molecule has 2 N–H and O–H groups in total. The molecule has 0 fully saturated rings. The third-order valence-electron chi connectivity index (χ3n) is 2.17. The summed E-state index contributed by atoms with van der Waals surface area (Å²) in [5.41, 5.74) is 6.36. The van der Waals surface area contributed by atoms with Gasteiger partial charge < -0.3 is 5.73 Å². The van der Waals surface area contributed by atoms with Crippen LogP contribution in [0.5, 0.6) is 0 Å². The molecule has 4 heteroatoms. The topological polar surface area (TPSA) is 26.0 Å². The van der Waals surface area contributed by atoms with Gasteiger partial charge in [-0.15, -0.1) is 0 Å². The van der Waals surface area contributed by atoms with E-state index in [1.165, 1.54) is 6.07 Å². The third-order valence-corrected chi connectivity index (χ3v) is 3.41. The molecule has 0 aliphatic carbocycles. The SMILES string of the molecule is CC(CCN)c1cc(F)c(Cl)c(Br)c1. The lowest BCUT2D eigenvalue weighted by Gasteiger charge is -2.11. The number of hydrogen-bond acceptors (Lipinski definition) is 1. The van der Waals surface area contributed by atoms with Gasteiger partial charge in [0.2, 0.25) is 0 Å². The second-order valence-corrected chi connectivity index (χ2v) is 4.51. The normalized spacial score (nSPS) is 12.9. The van der Waals surface area contributed by atoms with Gasteiger partial charge in [-0.25, -0.2) is 4.39 Å². The van der Waals surface area contributed by atoms with Gasteiger partial charge in [0, 0.05) is 4.47 Å². The van der Waals surface area contributed by atoms with Crippen molar-refractivity contribution in [2.75, 3.05) is 6.54 Å². The molecule has 1 unspecified atom stereocenters. The Hall–Kier alpha value is -0.120. The standard InChI is InChI=1S/C10H12BrClFN/c1-6(2-3-14)7-4-8(11)10(12)9(13)5-7/h4-6H,2-3,14H2,1H3. The molecule has 1 atom stereocenters. The monoisotopic (exact) mass is 279 g/mol. The molecule has 0 bridgehead atoms. The zero-order valence-corrected chi connectivity index (χ0v) is 10.2. The highest BCUT2D eigenvalue weighted by Crippen LogP contribution is 2.30. The van der Waals surface area contributed by atoms with Gasteiger partial charge >= 0.3 is 0 Å². The molecular formula is C10H12BrClFN. The van der Waals surface area contributed by atoms with Crippen molar-refractivity contribution in [3.8, 4) is 0 Å². The largest absolute Gasteiger partial charge is 0.330 e. The molecule has 0 aromatic heterocycles. The molecule has 0 saturated heterocycles. The van der Waals surface area contributed by atoms with Crippen LogP contribution in [0.15, 0.2) is 16.6 Å². The van der Waals surface area contributed by atoms with E-state index in [-0.39, 0.29) is 16.8 Å². The quantitative estimate of drug-likeness (QED) is 0.840. The number of rotatable bonds is 3. The van der Waals surface area contributed by atoms with Gasteiger partial charge in [-0.05, 0) is 52.5 Å². The first-order valence-corrected chi connectivity index (χ1v) is 5.58. The molecule has 0 spiro atoms. The highest BCUT2D eigenvalue weighted by molar-refractivity contribution is 9.10. The molecular weight excluding hydrogens is 268 g/mol. The summed E-state index contributed by atoms with van der Waals surface area (Å²) in [7, 11) is 0. The molecule has 0 saturated carbocycles. The predicted octanol–water partition coefficient (Wildman–Crippen LogP) is 3.69. The van der Waals surface area contributed by atoms with Crippen molar-refractivity contribution in [1.82, 2.24) is 0 Å². The van der Waals surface area contributed by atoms with Crippen LogP contribution in [0.1, 0.15) is 24.8 Å². The average Bonchev–Trinajstić information content (AvgIpc) is 2.13. The molecule has 0 amide bonds. The van der Waals surface area contributed by atoms with E-state index < -0.39 is 0 Å². The number of halogens is 3. The summed E-state index contributed by atoms with van der Waals surface area (Å²) in [6.45, 7) is 2.62. The highest BCUT2D eigenvalue weighted by atomic mass is 79.9. The van der Waals surface area contributed by atoms with Gasteiger partial charge in [0.25, 0.3) is 0 Å². The van der Waals surface area contributed by atoms with Crippen molar-refractivity contribution in [1.29, 1.82) is 0 Å². The van der Waals surface area contributed by atoms with Gasteiger partial charge in [0.1, 0.15) is 5.82 Å². The second kappa shape index (κ2) is 5.10. The Balaban J connectivity index is 3.00. The maximum absolute atomic E-state index is 13.2. The van der Waals surface area contributed by atoms with Gasteiger partial charge in [-0.3, -0.25) is 0 Å². The fourth-order valence-electron chi connectivity index (χ4n) is 1.28. The van der Waals surface area contributed by atoms with E-state index in [0.29, 0.717) is 11.0 Å². The Labute approximate surface area is 96.6 Å². The maximum Gasteiger partial charge on any atom is 0.143 e. The molecule has 1 rings (SSSR count). The summed E-state index contributed by atoms with van der Waals surface area (Å²) in [5.74, 6) is -0.136. The lowest BCUT2D eigenvalue weighted by Crippen LogP contribution is -2.05. The summed E-state index contributed by atoms with van der Waals surface area (Å²) in [4.78, 5) is 0. The van der Waals surface area contributed by atoms with E-state index in [4.69, 9.17) is 17.3 Å². The van der Waals surface area contributed by atoms with Gasteiger partial charge in [-0.1, -0.05) is 18.5 Å². The van der Waals surface area contributed by atoms with E-state index in [2.05, 4.69) is 15.9 Å². The molecule has 0 aliphatic rings. The van der Waals surface area contributed by atoms with E-state index in [9.17, 15) is 4.39 Å².